The summed E-state index contributed by atoms with van der Waals surface area (Å²) in [6.45, 7) is 5.16. The molecule has 7 nitrogen and oxygen atoms in total. The van der Waals surface area contributed by atoms with E-state index in [1.807, 2.05) is 47.2 Å². The molecule has 2 aliphatic heterocycles. The maximum atomic E-state index is 13.6. The van der Waals surface area contributed by atoms with Gasteiger partial charge in [-0.2, -0.15) is 5.10 Å². The standard InChI is InChI=1S/C29H33ClN4O3/c1-22-17-31-34(18-22)20-28(36)32-13-10-29(11-14-32,21-37-26-8-4-7-25(30)15-26)16-27(35)33-12-9-23-5-2-3-6-24(23)19-33/h2-8,15,17-18H,9-14,16,19-21H2,1H3. The third-order valence-electron chi connectivity index (χ3n) is 7.59. The Kier molecular flexibility index (Phi) is 7.51. The molecule has 0 N–H and O–H groups in total. The van der Waals surface area contributed by atoms with Crippen molar-refractivity contribution in [2.24, 2.45) is 5.41 Å². The van der Waals surface area contributed by atoms with Crippen LogP contribution in [0.2, 0.25) is 5.02 Å². The van der Waals surface area contributed by atoms with Gasteiger partial charge in [-0.3, -0.25) is 14.3 Å². The third-order valence-corrected chi connectivity index (χ3v) is 7.82. The van der Waals surface area contributed by atoms with Crippen LogP contribution in [0.25, 0.3) is 0 Å². The van der Waals surface area contributed by atoms with Crippen molar-refractivity contribution < 1.29 is 14.3 Å². The SMILES string of the molecule is Cc1cnn(CC(=O)N2CCC(COc3cccc(Cl)c3)(CC(=O)N3CCc4ccccc4C3)CC2)c1. The second-order valence-corrected chi connectivity index (χ2v) is 10.8. The third kappa shape index (κ3) is 6.16. The summed E-state index contributed by atoms with van der Waals surface area (Å²) in [7, 11) is 0. The van der Waals surface area contributed by atoms with E-state index in [0.29, 0.717) is 56.3 Å². The number of ether oxygens (including phenoxy) is 1. The van der Waals surface area contributed by atoms with Crippen molar-refractivity contribution in [2.75, 3.05) is 26.2 Å². The van der Waals surface area contributed by atoms with Crippen LogP contribution in [0.15, 0.2) is 60.9 Å². The van der Waals surface area contributed by atoms with Crippen LogP contribution in [-0.2, 0) is 29.1 Å². The molecule has 1 saturated heterocycles. The van der Waals surface area contributed by atoms with Gasteiger partial charge in [0.1, 0.15) is 12.3 Å². The molecule has 0 radical (unpaired) electrons. The molecule has 0 spiro atoms. The minimum Gasteiger partial charge on any atom is -0.493 e. The molecule has 0 aliphatic carbocycles. The molecule has 2 aliphatic rings. The summed E-state index contributed by atoms with van der Waals surface area (Å²) in [5, 5.41) is 4.86. The lowest BCUT2D eigenvalue weighted by Gasteiger charge is -2.42. The monoisotopic (exact) mass is 520 g/mol. The van der Waals surface area contributed by atoms with Gasteiger partial charge in [0.15, 0.2) is 0 Å². The predicted octanol–water partition coefficient (Wildman–Crippen LogP) is 4.51. The van der Waals surface area contributed by atoms with E-state index in [1.54, 1.807) is 16.9 Å². The number of halogens is 1. The van der Waals surface area contributed by atoms with Crippen LogP contribution in [0.4, 0.5) is 0 Å². The number of fused-ring (bicyclic) bond motifs is 1. The highest BCUT2D eigenvalue weighted by Crippen LogP contribution is 2.37. The number of piperidine rings is 1. The summed E-state index contributed by atoms with van der Waals surface area (Å²) in [5.74, 6) is 0.890. The first kappa shape index (κ1) is 25.3. The molecule has 0 unspecified atom stereocenters. The van der Waals surface area contributed by atoms with Crippen LogP contribution < -0.4 is 4.74 Å². The number of aromatic nitrogens is 2. The number of carbonyl (C=O) groups is 2. The van der Waals surface area contributed by atoms with Gasteiger partial charge in [0, 0.05) is 49.2 Å². The zero-order valence-electron chi connectivity index (χ0n) is 21.2. The maximum Gasteiger partial charge on any atom is 0.244 e. The van der Waals surface area contributed by atoms with E-state index < -0.39 is 0 Å². The molecular weight excluding hydrogens is 488 g/mol. The Labute approximate surface area is 223 Å². The van der Waals surface area contributed by atoms with Gasteiger partial charge in [-0.15, -0.1) is 0 Å². The molecule has 8 heteroatoms. The van der Waals surface area contributed by atoms with Crippen molar-refractivity contribution in [1.29, 1.82) is 0 Å². The number of aryl methyl sites for hydroxylation is 1. The van der Waals surface area contributed by atoms with Crippen LogP contribution in [0, 0.1) is 12.3 Å². The lowest BCUT2D eigenvalue weighted by atomic mass is 9.75. The smallest absolute Gasteiger partial charge is 0.244 e. The maximum absolute atomic E-state index is 13.6. The molecule has 0 atom stereocenters. The molecule has 5 rings (SSSR count). The number of hydrogen-bond acceptors (Lipinski definition) is 4. The molecule has 1 fully saturated rings. The van der Waals surface area contributed by atoms with Gasteiger partial charge in [-0.1, -0.05) is 41.9 Å². The Morgan fingerprint density at radius 1 is 1.00 bits per heavy atom. The molecule has 3 aromatic rings. The molecule has 37 heavy (non-hydrogen) atoms. The zero-order valence-corrected chi connectivity index (χ0v) is 22.0. The van der Waals surface area contributed by atoms with Crippen LogP contribution in [0.5, 0.6) is 5.75 Å². The summed E-state index contributed by atoms with van der Waals surface area (Å²) < 4.78 is 7.88. The summed E-state index contributed by atoms with van der Waals surface area (Å²) in [6, 6.07) is 15.7. The van der Waals surface area contributed by atoms with Crippen LogP contribution in [0.1, 0.15) is 36.0 Å². The van der Waals surface area contributed by atoms with Gasteiger partial charge in [0.25, 0.3) is 0 Å². The topological polar surface area (TPSA) is 67.7 Å². The first-order chi connectivity index (χ1) is 17.9. The fourth-order valence-electron chi connectivity index (χ4n) is 5.33. The molecule has 194 valence electrons. The van der Waals surface area contributed by atoms with E-state index in [1.165, 1.54) is 11.1 Å². The van der Waals surface area contributed by atoms with Crippen molar-refractivity contribution in [2.45, 2.75) is 45.7 Å². The van der Waals surface area contributed by atoms with E-state index in [4.69, 9.17) is 16.3 Å². The number of amides is 2. The van der Waals surface area contributed by atoms with Gasteiger partial charge in [-0.05, 0) is 61.1 Å². The number of rotatable bonds is 7. The van der Waals surface area contributed by atoms with Gasteiger partial charge < -0.3 is 14.5 Å². The Morgan fingerprint density at radius 2 is 1.78 bits per heavy atom. The molecular formula is C29H33ClN4O3. The molecule has 1 aromatic heterocycles. The average Bonchev–Trinajstić information content (AvgIpc) is 3.32. The van der Waals surface area contributed by atoms with E-state index in [2.05, 4.69) is 23.3 Å². The highest BCUT2D eigenvalue weighted by molar-refractivity contribution is 6.30. The number of likely N-dealkylation sites (tertiary alicyclic amines) is 1. The highest BCUT2D eigenvalue weighted by atomic mass is 35.5. The van der Waals surface area contributed by atoms with Crippen molar-refractivity contribution >= 4 is 23.4 Å². The molecule has 0 saturated carbocycles. The summed E-state index contributed by atoms with van der Waals surface area (Å²) in [6.07, 6.45) is 6.31. The normalized spacial score (nSPS) is 16.8. The summed E-state index contributed by atoms with van der Waals surface area (Å²) in [5.41, 5.74) is 3.22. The Hall–Kier alpha value is -3.32. The minimum absolute atomic E-state index is 0.0476. The summed E-state index contributed by atoms with van der Waals surface area (Å²) >= 11 is 6.16. The van der Waals surface area contributed by atoms with E-state index in [-0.39, 0.29) is 23.8 Å². The van der Waals surface area contributed by atoms with E-state index in [0.717, 1.165) is 18.5 Å². The van der Waals surface area contributed by atoms with Gasteiger partial charge in [0.2, 0.25) is 11.8 Å². The largest absolute Gasteiger partial charge is 0.493 e. The van der Waals surface area contributed by atoms with Gasteiger partial charge in [0.05, 0.1) is 12.8 Å². The fourth-order valence-corrected chi connectivity index (χ4v) is 5.51. The number of hydrogen-bond donors (Lipinski definition) is 0. The Balaban J connectivity index is 1.26. The molecule has 2 amide bonds. The fraction of sp³-hybridized carbons (Fsp3) is 0.414. The van der Waals surface area contributed by atoms with Gasteiger partial charge >= 0.3 is 0 Å². The van der Waals surface area contributed by atoms with Crippen molar-refractivity contribution in [3.63, 3.8) is 0 Å². The molecule has 0 bridgehead atoms. The van der Waals surface area contributed by atoms with Crippen molar-refractivity contribution in [3.8, 4) is 5.75 Å². The molecule has 2 aromatic carbocycles. The van der Waals surface area contributed by atoms with Crippen molar-refractivity contribution in [3.05, 3.63) is 82.6 Å². The predicted molar refractivity (Wildman–Crippen MR) is 142 cm³/mol. The Bertz CT molecular complexity index is 1270. The first-order valence-corrected chi connectivity index (χ1v) is 13.3. The second-order valence-electron chi connectivity index (χ2n) is 10.4. The lowest BCUT2D eigenvalue weighted by Crippen LogP contribution is -2.49. The first-order valence-electron chi connectivity index (χ1n) is 12.9. The lowest BCUT2D eigenvalue weighted by molar-refractivity contribution is -0.139. The van der Waals surface area contributed by atoms with E-state index in [9.17, 15) is 9.59 Å². The number of benzene rings is 2. The second kappa shape index (κ2) is 11.0. The zero-order chi connectivity index (χ0) is 25.8. The van der Waals surface area contributed by atoms with Crippen LogP contribution in [-0.4, -0.2) is 57.6 Å². The Morgan fingerprint density at radius 3 is 2.51 bits per heavy atom. The van der Waals surface area contributed by atoms with Gasteiger partial charge in [-0.25, -0.2) is 0 Å². The van der Waals surface area contributed by atoms with Crippen molar-refractivity contribution in [1.82, 2.24) is 19.6 Å². The number of nitrogens with zero attached hydrogens (tertiary/aromatic N) is 4. The highest BCUT2D eigenvalue weighted by Gasteiger charge is 2.40. The average molecular weight is 521 g/mol. The van der Waals surface area contributed by atoms with Crippen LogP contribution in [0.3, 0.4) is 0 Å². The van der Waals surface area contributed by atoms with E-state index >= 15 is 0 Å². The summed E-state index contributed by atoms with van der Waals surface area (Å²) in [4.78, 5) is 30.4. The quantitative estimate of drug-likeness (QED) is 0.460. The molecule has 3 heterocycles. The number of carbonyl (C=O) groups excluding carboxylic acids is 2. The van der Waals surface area contributed by atoms with Crippen LogP contribution >= 0.6 is 11.6 Å². The minimum atomic E-state index is -0.352.